The van der Waals surface area contributed by atoms with Crippen molar-refractivity contribution in [2.24, 2.45) is 5.41 Å². The number of anilines is 6. The molecule has 6 amide bonds. The summed E-state index contributed by atoms with van der Waals surface area (Å²) in [5.74, 6) is -1.92. The van der Waals surface area contributed by atoms with Crippen molar-refractivity contribution in [1.82, 2.24) is 0 Å². The molecule has 0 aliphatic carbocycles. The van der Waals surface area contributed by atoms with Crippen molar-refractivity contribution in [1.29, 1.82) is 0 Å². The predicted molar refractivity (Wildman–Crippen MR) is 287 cm³/mol. The highest BCUT2D eigenvalue weighted by molar-refractivity contribution is 5.93. The van der Waals surface area contributed by atoms with Gasteiger partial charge in [0.1, 0.15) is 58.0 Å². The van der Waals surface area contributed by atoms with E-state index in [1.54, 1.807) is 64.1 Å². The van der Waals surface area contributed by atoms with Crippen LogP contribution in [-0.2, 0) is 57.0 Å². The van der Waals surface area contributed by atoms with Crippen molar-refractivity contribution >= 4 is 88.6 Å². The number of hydrogen-bond acceptors (Lipinski definition) is 18. The van der Waals surface area contributed by atoms with Gasteiger partial charge in [-0.05, 0) is 122 Å². The number of aryl methyl sites for hydroxylation is 3. The number of ether oxygens (including phenoxy) is 9. The fourth-order valence-electron chi connectivity index (χ4n) is 6.07. The summed E-state index contributed by atoms with van der Waals surface area (Å²) in [7, 11) is 0. The summed E-state index contributed by atoms with van der Waals surface area (Å²) >= 11 is 0. The quantitative estimate of drug-likeness (QED) is 0.0261. The minimum absolute atomic E-state index is 0.101. The average Bonchev–Trinajstić information content (AvgIpc) is 3.36. The molecule has 0 fully saturated rings. The molecule has 0 aliphatic heterocycles. The van der Waals surface area contributed by atoms with E-state index >= 15 is 0 Å². The first-order valence-electron chi connectivity index (χ1n) is 24.2. The lowest BCUT2D eigenvalue weighted by Gasteiger charge is -2.31. The number of amides is 6. The summed E-state index contributed by atoms with van der Waals surface area (Å²) in [5, 5.41) is 15.5. The van der Waals surface area contributed by atoms with Gasteiger partial charge in [0.25, 0.3) is 0 Å². The summed E-state index contributed by atoms with van der Waals surface area (Å²) in [6.07, 6.45) is -7.87. The Morgan fingerprint density at radius 2 is 0.679 bits per heavy atom. The Labute approximate surface area is 451 Å². The maximum atomic E-state index is 13.4. The van der Waals surface area contributed by atoms with E-state index in [1.807, 2.05) is 0 Å². The lowest BCUT2D eigenvalue weighted by molar-refractivity contribution is -0.142. The Hall–Kier alpha value is -9.09. The summed E-state index contributed by atoms with van der Waals surface area (Å²) in [6.45, 7) is 24.2. The molecule has 3 atom stereocenters. The van der Waals surface area contributed by atoms with Gasteiger partial charge in [0.15, 0.2) is 0 Å². The van der Waals surface area contributed by atoms with Gasteiger partial charge < -0.3 is 42.6 Å². The topological polar surface area (TPSA) is 309 Å². The molecule has 0 radical (unpaired) electrons. The van der Waals surface area contributed by atoms with Crippen molar-refractivity contribution in [2.45, 2.75) is 94.0 Å². The second kappa shape index (κ2) is 30.5. The van der Waals surface area contributed by atoms with Crippen LogP contribution in [0.15, 0.2) is 91.1 Å². The monoisotopic (exact) mass is 1090 g/mol. The minimum atomic E-state index is -1.39. The van der Waals surface area contributed by atoms with E-state index < -0.39 is 98.0 Å². The molecule has 24 heteroatoms. The number of rotatable bonds is 25. The van der Waals surface area contributed by atoms with Gasteiger partial charge in [-0.2, -0.15) is 0 Å². The molecule has 3 unspecified atom stereocenters. The lowest BCUT2D eigenvalue weighted by atomic mass is 9.88. The molecule has 422 valence electrons. The van der Waals surface area contributed by atoms with Gasteiger partial charge in [0.2, 0.25) is 0 Å². The van der Waals surface area contributed by atoms with Gasteiger partial charge in [-0.3, -0.25) is 31.9 Å². The first kappa shape index (κ1) is 63.2. The lowest BCUT2D eigenvalue weighted by Crippen LogP contribution is -2.40. The molecule has 0 spiro atoms. The zero-order valence-corrected chi connectivity index (χ0v) is 45.3. The maximum absolute atomic E-state index is 13.4. The van der Waals surface area contributed by atoms with E-state index in [2.05, 4.69) is 51.6 Å². The third-order valence-corrected chi connectivity index (χ3v) is 10.8. The first-order valence-corrected chi connectivity index (χ1v) is 24.2. The molecule has 6 N–H and O–H groups in total. The van der Waals surface area contributed by atoms with Crippen molar-refractivity contribution < 1.29 is 85.8 Å². The zero-order valence-electron chi connectivity index (χ0n) is 45.3. The van der Waals surface area contributed by atoms with Gasteiger partial charge in [0.05, 0.1) is 5.41 Å². The highest BCUT2D eigenvalue weighted by Gasteiger charge is 2.35. The third-order valence-electron chi connectivity index (χ3n) is 10.8. The van der Waals surface area contributed by atoms with Crippen LogP contribution in [0.25, 0.3) is 0 Å². The second-order valence-electron chi connectivity index (χ2n) is 18.2. The van der Waals surface area contributed by atoms with Crippen LogP contribution in [0.1, 0.15) is 71.6 Å². The van der Waals surface area contributed by atoms with Gasteiger partial charge in [-0.1, -0.05) is 44.9 Å². The van der Waals surface area contributed by atoms with Crippen LogP contribution in [-0.4, -0.2) is 112 Å². The largest absolute Gasteiger partial charge is 0.458 e. The van der Waals surface area contributed by atoms with E-state index in [9.17, 15) is 43.2 Å². The fourth-order valence-corrected chi connectivity index (χ4v) is 6.07. The second-order valence-corrected chi connectivity index (χ2v) is 18.2. The van der Waals surface area contributed by atoms with Crippen LogP contribution in [0.3, 0.4) is 0 Å². The van der Waals surface area contributed by atoms with Crippen molar-refractivity contribution in [2.75, 3.05) is 71.5 Å². The van der Waals surface area contributed by atoms with Crippen LogP contribution >= 0.6 is 0 Å². The summed E-state index contributed by atoms with van der Waals surface area (Å²) < 4.78 is 47.9. The Kier molecular flexibility index (Phi) is 24.7. The standard InChI is InChI=1S/C54H68N6O18/c1-14-54(27-73-48(64)55-39-18-15-33(8)42(21-39)58-51(67)76-36(11)24-70-45(61)30(2)3,28-74-49(65)56-40-19-16-34(9)43(22-40)59-52(68)77-37(12)25-71-46(62)31(4)5)29-75-50(66)57-41-20-17-35(10)44(23-41)60-53(69)78-38(13)26-72-47(63)32(6)7/h15-23,36-38H,2,4,6,14,24-29H2,1,3,5,7-13H3,(H,55,64)(H,56,65)(H,57,66)(H,58,67)(H,59,68)(H,60,69). The molecule has 0 heterocycles. The summed E-state index contributed by atoms with van der Waals surface area (Å²) in [5.41, 5.74) is 2.31. The molecule has 0 saturated heterocycles. The third kappa shape index (κ3) is 22.4. The number of hydrogen-bond donors (Lipinski definition) is 6. The zero-order chi connectivity index (χ0) is 58.3. The fraction of sp³-hybridized carbons (Fsp3) is 0.389. The van der Waals surface area contributed by atoms with Crippen molar-refractivity contribution in [3.8, 4) is 0 Å². The Bertz CT molecular complexity index is 2450. The van der Waals surface area contributed by atoms with Crippen LogP contribution in [0.5, 0.6) is 0 Å². The maximum Gasteiger partial charge on any atom is 0.412 e. The Balaban J connectivity index is 1.76. The van der Waals surface area contributed by atoms with Gasteiger partial charge in [0, 0.05) is 50.8 Å². The Morgan fingerprint density at radius 3 is 0.910 bits per heavy atom. The first-order chi connectivity index (χ1) is 36.7. The molecule has 24 nitrogen and oxygen atoms in total. The van der Waals surface area contributed by atoms with E-state index in [-0.39, 0.29) is 77.1 Å². The predicted octanol–water partition coefficient (Wildman–Crippen LogP) is 10.2. The molecule has 0 saturated carbocycles. The van der Waals surface area contributed by atoms with E-state index in [1.165, 1.54) is 59.7 Å². The van der Waals surface area contributed by atoms with Gasteiger partial charge >= 0.3 is 54.5 Å². The normalized spacial score (nSPS) is 12.4. The molecule has 3 aromatic rings. The number of carbonyl (C=O) groups is 9. The number of carbonyl (C=O) groups excluding carboxylic acids is 9. The van der Waals surface area contributed by atoms with Crippen LogP contribution in [0.4, 0.5) is 62.9 Å². The summed E-state index contributed by atoms with van der Waals surface area (Å²) in [6, 6.07) is 13.8. The van der Waals surface area contributed by atoms with Crippen LogP contribution in [0.2, 0.25) is 0 Å². The molecule has 0 bridgehead atoms. The number of nitrogens with one attached hydrogen (secondary N) is 6. The summed E-state index contributed by atoms with van der Waals surface area (Å²) in [4.78, 5) is 113. The van der Waals surface area contributed by atoms with E-state index in [0.29, 0.717) is 16.7 Å². The van der Waals surface area contributed by atoms with E-state index in [0.717, 1.165) is 0 Å². The number of benzene rings is 3. The van der Waals surface area contributed by atoms with Gasteiger partial charge in [-0.25, -0.2) is 43.2 Å². The Morgan fingerprint density at radius 1 is 0.423 bits per heavy atom. The van der Waals surface area contributed by atoms with Crippen molar-refractivity contribution in [3.05, 3.63) is 108 Å². The molecule has 3 rings (SSSR count). The minimum Gasteiger partial charge on any atom is -0.458 e. The molecule has 78 heavy (non-hydrogen) atoms. The average molecular weight is 1090 g/mol. The smallest absolute Gasteiger partial charge is 0.412 e. The van der Waals surface area contributed by atoms with Gasteiger partial charge in [-0.15, -0.1) is 0 Å². The van der Waals surface area contributed by atoms with Crippen LogP contribution < -0.4 is 31.9 Å². The number of esters is 3. The van der Waals surface area contributed by atoms with Crippen molar-refractivity contribution in [3.63, 3.8) is 0 Å². The highest BCUT2D eigenvalue weighted by atomic mass is 16.6. The molecule has 0 aliphatic rings. The molecular formula is C54H68N6O18. The SMILES string of the molecule is C=C(C)C(=O)OCC(C)OC(=O)Nc1cc(NC(=O)OCC(CC)(COC(=O)Nc2ccc(C)c(NC(=O)OC(C)COC(=O)C(=C)C)c2)COC(=O)Nc2ccc(C)c(NC(=O)OC(C)COC(=O)C(=C)C)c2)ccc1C. The molecular weight excluding hydrogens is 1020 g/mol. The molecule has 3 aromatic carbocycles. The molecule has 0 aromatic heterocycles. The van der Waals surface area contributed by atoms with Crippen LogP contribution in [0, 0.1) is 26.2 Å². The van der Waals surface area contributed by atoms with E-state index in [4.69, 9.17) is 42.6 Å². The highest BCUT2D eigenvalue weighted by Crippen LogP contribution is 2.28.